The van der Waals surface area contributed by atoms with Crippen molar-refractivity contribution in [2.24, 2.45) is 0 Å². The predicted molar refractivity (Wildman–Crippen MR) is 83.2 cm³/mol. The highest BCUT2D eigenvalue weighted by Crippen LogP contribution is 2.27. The Bertz CT molecular complexity index is 572. The van der Waals surface area contributed by atoms with E-state index in [-0.39, 0.29) is 0 Å². The molecule has 0 fully saturated rings. The van der Waals surface area contributed by atoms with Crippen molar-refractivity contribution in [3.8, 4) is 11.5 Å². The minimum absolute atomic E-state index is 0.592. The average Bonchev–Trinajstić information content (AvgIpc) is 2.45. The van der Waals surface area contributed by atoms with E-state index in [2.05, 4.69) is 5.32 Å². The lowest BCUT2D eigenvalue weighted by molar-refractivity contribution is 0.330. The smallest absolute Gasteiger partial charge is 0.137 e. The van der Waals surface area contributed by atoms with Gasteiger partial charge in [-0.05, 0) is 36.8 Å². The number of methoxy groups -OCH3 is 1. The Labute approximate surface area is 124 Å². The summed E-state index contributed by atoms with van der Waals surface area (Å²) >= 11 is 6.06. The highest BCUT2D eigenvalue weighted by atomic mass is 35.5. The Morgan fingerprint density at radius 1 is 1.10 bits per heavy atom. The number of anilines is 1. The van der Waals surface area contributed by atoms with Gasteiger partial charge in [-0.3, -0.25) is 0 Å². The third-order valence-electron chi connectivity index (χ3n) is 2.93. The lowest BCUT2D eigenvalue weighted by Gasteiger charge is -2.11. The van der Waals surface area contributed by atoms with Crippen molar-refractivity contribution in [2.45, 2.75) is 6.92 Å². The molecule has 0 bridgehead atoms. The van der Waals surface area contributed by atoms with Gasteiger partial charge in [0.2, 0.25) is 0 Å². The zero-order chi connectivity index (χ0) is 14.4. The fourth-order valence-electron chi connectivity index (χ4n) is 1.85. The summed E-state index contributed by atoms with van der Waals surface area (Å²) in [6.07, 6.45) is 0. The first kappa shape index (κ1) is 14.5. The van der Waals surface area contributed by atoms with E-state index in [1.807, 2.05) is 49.4 Å². The van der Waals surface area contributed by atoms with E-state index in [1.54, 1.807) is 7.11 Å². The molecule has 0 spiro atoms. The van der Waals surface area contributed by atoms with Crippen molar-refractivity contribution in [2.75, 3.05) is 25.6 Å². The highest BCUT2D eigenvalue weighted by molar-refractivity contribution is 6.32. The first-order valence-electron chi connectivity index (χ1n) is 6.46. The molecule has 0 amide bonds. The summed E-state index contributed by atoms with van der Waals surface area (Å²) < 4.78 is 10.8. The van der Waals surface area contributed by atoms with Crippen LogP contribution in [0.2, 0.25) is 5.02 Å². The molecule has 0 aliphatic carbocycles. The maximum atomic E-state index is 6.06. The van der Waals surface area contributed by atoms with Crippen LogP contribution in [0.3, 0.4) is 0 Å². The number of hydrogen-bond acceptors (Lipinski definition) is 3. The van der Waals surface area contributed by atoms with E-state index in [1.165, 1.54) is 0 Å². The average molecular weight is 292 g/mol. The van der Waals surface area contributed by atoms with Gasteiger partial charge < -0.3 is 14.8 Å². The molecular formula is C16H18ClNO2. The van der Waals surface area contributed by atoms with E-state index < -0.39 is 0 Å². The van der Waals surface area contributed by atoms with Crippen molar-refractivity contribution in [1.82, 2.24) is 0 Å². The largest absolute Gasteiger partial charge is 0.495 e. The maximum absolute atomic E-state index is 6.06. The molecule has 2 rings (SSSR count). The van der Waals surface area contributed by atoms with Crippen molar-refractivity contribution < 1.29 is 9.47 Å². The molecule has 0 saturated carbocycles. The van der Waals surface area contributed by atoms with Crippen LogP contribution in [0.5, 0.6) is 11.5 Å². The SMILES string of the molecule is COc1ccc(NCCOc2ccccc2C)cc1Cl. The minimum Gasteiger partial charge on any atom is -0.495 e. The van der Waals surface area contributed by atoms with Crippen molar-refractivity contribution in [3.05, 3.63) is 53.1 Å². The van der Waals surface area contributed by atoms with Gasteiger partial charge in [0, 0.05) is 12.2 Å². The molecule has 2 aromatic carbocycles. The molecule has 20 heavy (non-hydrogen) atoms. The Balaban J connectivity index is 1.82. The number of ether oxygens (including phenoxy) is 2. The van der Waals surface area contributed by atoms with Crippen molar-refractivity contribution >= 4 is 17.3 Å². The van der Waals surface area contributed by atoms with Crippen LogP contribution in [-0.4, -0.2) is 20.3 Å². The second-order valence-electron chi connectivity index (χ2n) is 4.39. The third-order valence-corrected chi connectivity index (χ3v) is 3.23. The van der Waals surface area contributed by atoms with Crippen molar-refractivity contribution in [3.63, 3.8) is 0 Å². The van der Waals surface area contributed by atoms with Gasteiger partial charge in [-0.2, -0.15) is 0 Å². The molecule has 2 aromatic rings. The summed E-state index contributed by atoms with van der Waals surface area (Å²) in [6.45, 7) is 3.33. The fourth-order valence-corrected chi connectivity index (χ4v) is 2.11. The molecule has 0 aliphatic rings. The lowest BCUT2D eigenvalue weighted by atomic mass is 10.2. The van der Waals surface area contributed by atoms with E-state index in [0.29, 0.717) is 23.9 Å². The summed E-state index contributed by atoms with van der Waals surface area (Å²) in [7, 11) is 1.60. The summed E-state index contributed by atoms with van der Waals surface area (Å²) in [5.41, 5.74) is 2.09. The van der Waals surface area contributed by atoms with Gasteiger partial charge in [0.05, 0.1) is 12.1 Å². The molecule has 0 radical (unpaired) electrons. The van der Waals surface area contributed by atoms with E-state index in [9.17, 15) is 0 Å². The van der Waals surface area contributed by atoms with Crippen LogP contribution in [0.1, 0.15) is 5.56 Å². The van der Waals surface area contributed by atoms with Gasteiger partial charge in [0.1, 0.15) is 18.1 Å². The topological polar surface area (TPSA) is 30.5 Å². The number of nitrogens with one attached hydrogen (secondary N) is 1. The first-order chi connectivity index (χ1) is 9.70. The maximum Gasteiger partial charge on any atom is 0.137 e. The highest BCUT2D eigenvalue weighted by Gasteiger charge is 2.01. The normalized spacial score (nSPS) is 10.2. The zero-order valence-electron chi connectivity index (χ0n) is 11.7. The molecule has 0 saturated heterocycles. The summed E-state index contributed by atoms with van der Waals surface area (Å²) in [5, 5.41) is 3.86. The van der Waals surface area contributed by atoms with Gasteiger partial charge in [-0.25, -0.2) is 0 Å². The number of benzene rings is 2. The van der Waals surface area contributed by atoms with Gasteiger partial charge in [-0.15, -0.1) is 0 Å². The Hall–Kier alpha value is -1.87. The number of halogens is 1. The quantitative estimate of drug-likeness (QED) is 0.811. The molecule has 0 heterocycles. The molecule has 3 nitrogen and oxygen atoms in total. The number of para-hydroxylation sites is 1. The van der Waals surface area contributed by atoms with Crippen LogP contribution in [-0.2, 0) is 0 Å². The van der Waals surface area contributed by atoms with Crippen LogP contribution >= 0.6 is 11.6 Å². The van der Waals surface area contributed by atoms with Crippen LogP contribution in [0.4, 0.5) is 5.69 Å². The second-order valence-corrected chi connectivity index (χ2v) is 4.80. The molecule has 4 heteroatoms. The van der Waals surface area contributed by atoms with E-state index in [4.69, 9.17) is 21.1 Å². The molecule has 106 valence electrons. The van der Waals surface area contributed by atoms with Crippen LogP contribution in [0, 0.1) is 6.92 Å². The molecule has 0 atom stereocenters. The summed E-state index contributed by atoms with van der Waals surface area (Å²) in [4.78, 5) is 0. The van der Waals surface area contributed by atoms with Gasteiger partial charge in [0.25, 0.3) is 0 Å². The molecule has 0 unspecified atom stereocenters. The third kappa shape index (κ3) is 3.81. The van der Waals surface area contributed by atoms with Crippen LogP contribution in [0.25, 0.3) is 0 Å². The molecule has 1 N–H and O–H groups in total. The molecular weight excluding hydrogens is 274 g/mol. The Kier molecular flexibility index (Phi) is 5.13. The monoisotopic (exact) mass is 291 g/mol. The van der Waals surface area contributed by atoms with Crippen LogP contribution in [0.15, 0.2) is 42.5 Å². The zero-order valence-corrected chi connectivity index (χ0v) is 12.4. The fraction of sp³-hybridized carbons (Fsp3) is 0.250. The van der Waals surface area contributed by atoms with Gasteiger partial charge in [-0.1, -0.05) is 29.8 Å². The number of hydrogen-bond donors (Lipinski definition) is 1. The summed E-state index contributed by atoms with van der Waals surface area (Å²) in [5.74, 6) is 1.59. The predicted octanol–water partition coefficient (Wildman–Crippen LogP) is 4.15. The van der Waals surface area contributed by atoms with Gasteiger partial charge in [0.15, 0.2) is 0 Å². The molecule has 0 aliphatic heterocycles. The summed E-state index contributed by atoms with van der Waals surface area (Å²) in [6, 6.07) is 13.6. The van der Waals surface area contributed by atoms with E-state index >= 15 is 0 Å². The number of aryl methyl sites for hydroxylation is 1. The van der Waals surface area contributed by atoms with Gasteiger partial charge >= 0.3 is 0 Å². The second kappa shape index (κ2) is 7.06. The number of rotatable bonds is 6. The Morgan fingerprint density at radius 3 is 2.60 bits per heavy atom. The van der Waals surface area contributed by atoms with Crippen LogP contribution < -0.4 is 14.8 Å². The first-order valence-corrected chi connectivity index (χ1v) is 6.84. The molecule has 0 aromatic heterocycles. The standard InChI is InChI=1S/C16H18ClNO2/c1-12-5-3-4-6-15(12)20-10-9-18-13-7-8-16(19-2)14(17)11-13/h3-8,11,18H,9-10H2,1-2H3. The van der Waals surface area contributed by atoms with Crippen molar-refractivity contribution in [1.29, 1.82) is 0 Å². The lowest BCUT2D eigenvalue weighted by Crippen LogP contribution is -2.11. The minimum atomic E-state index is 0.592. The Morgan fingerprint density at radius 2 is 1.90 bits per heavy atom. The van der Waals surface area contributed by atoms with E-state index in [0.717, 1.165) is 17.0 Å².